The van der Waals surface area contributed by atoms with Crippen molar-refractivity contribution >= 4 is 17.5 Å². The normalized spacial score (nSPS) is 10.1. The second-order valence-electron chi connectivity index (χ2n) is 4.25. The van der Waals surface area contributed by atoms with E-state index in [0.717, 1.165) is 5.56 Å². The Morgan fingerprint density at radius 3 is 2.65 bits per heavy atom. The monoisotopic (exact) mass is 280 g/mol. The molecule has 1 rings (SSSR count). The molecule has 110 valence electrons. The van der Waals surface area contributed by atoms with Crippen molar-refractivity contribution in [2.24, 2.45) is 0 Å². The molecule has 20 heavy (non-hydrogen) atoms. The topological polar surface area (TPSA) is 76.7 Å². The van der Waals surface area contributed by atoms with E-state index in [-0.39, 0.29) is 25.0 Å². The van der Waals surface area contributed by atoms with Crippen LogP contribution in [0.4, 0.5) is 5.69 Å². The maximum absolute atomic E-state index is 11.6. The Kier molecular flexibility index (Phi) is 7.31. The summed E-state index contributed by atoms with van der Waals surface area (Å²) in [7, 11) is 1.55. The fourth-order valence-corrected chi connectivity index (χ4v) is 1.50. The third kappa shape index (κ3) is 6.86. The molecule has 0 bridgehead atoms. The summed E-state index contributed by atoms with van der Waals surface area (Å²) in [5.74, 6) is -0.564. The van der Waals surface area contributed by atoms with Gasteiger partial charge in [-0.25, -0.2) is 0 Å². The van der Waals surface area contributed by atoms with Gasteiger partial charge in [-0.05, 0) is 24.6 Å². The zero-order valence-corrected chi connectivity index (χ0v) is 11.8. The van der Waals surface area contributed by atoms with Crippen LogP contribution in [-0.2, 0) is 19.1 Å². The fourth-order valence-electron chi connectivity index (χ4n) is 1.50. The highest BCUT2D eigenvalue weighted by atomic mass is 16.5. The van der Waals surface area contributed by atoms with Gasteiger partial charge in [0.05, 0.1) is 6.61 Å². The van der Waals surface area contributed by atoms with Crippen molar-refractivity contribution in [2.75, 3.05) is 38.8 Å². The van der Waals surface area contributed by atoms with E-state index in [1.165, 1.54) is 0 Å². The Morgan fingerprint density at radius 1 is 1.20 bits per heavy atom. The SMILES string of the molecule is COCCNC(=O)COCC(=O)Nc1cccc(C)c1. The van der Waals surface area contributed by atoms with E-state index in [0.29, 0.717) is 18.8 Å². The van der Waals surface area contributed by atoms with Crippen LogP contribution in [0.1, 0.15) is 5.56 Å². The Labute approximate surface area is 118 Å². The molecule has 6 heteroatoms. The van der Waals surface area contributed by atoms with Gasteiger partial charge in [0.2, 0.25) is 11.8 Å². The van der Waals surface area contributed by atoms with Crippen LogP contribution in [0, 0.1) is 6.92 Å². The summed E-state index contributed by atoms with van der Waals surface area (Å²) in [4.78, 5) is 22.9. The van der Waals surface area contributed by atoms with Gasteiger partial charge in [-0.1, -0.05) is 12.1 Å². The number of ether oxygens (including phenoxy) is 2. The average molecular weight is 280 g/mol. The minimum Gasteiger partial charge on any atom is -0.383 e. The van der Waals surface area contributed by atoms with E-state index in [1.807, 2.05) is 25.1 Å². The molecule has 0 spiro atoms. The molecular formula is C14H20N2O4. The Morgan fingerprint density at radius 2 is 1.95 bits per heavy atom. The molecular weight excluding hydrogens is 260 g/mol. The molecule has 2 amide bonds. The minimum atomic E-state index is -0.291. The summed E-state index contributed by atoms with van der Waals surface area (Å²) in [5.41, 5.74) is 1.77. The standard InChI is InChI=1S/C14H20N2O4/c1-11-4-3-5-12(8-11)16-14(18)10-20-9-13(17)15-6-7-19-2/h3-5,8H,6-7,9-10H2,1-2H3,(H,15,17)(H,16,18). The number of hydrogen-bond donors (Lipinski definition) is 2. The van der Waals surface area contributed by atoms with Crippen LogP contribution in [-0.4, -0.2) is 45.3 Å². The van der Waals surface area contributed by atoms with Crippen LogP contribution in [0.3, 0.4) is 0 Å². The second-order valence-corrected chi connectivity index (χ2v) is 4.25. The summed E-state index contributed by atoms with van der Waals surface area (Å²) >= 11 is 0. The molecule has 0 aliphatic rings. The predicted octanol–water partition coefficient (Wildman–Crippen LogP) is 0.713. The number of amides is 2. The lowest BCUT2D eigenvalue weighted by molar-refractivity contribution is -0.128. The molecule has 0 atom stereocenters. The number of nitrogens with one attached hydrogen (secondary N) is 2. The van der Waals surface area contributed by atoms with Crippen LogP contribution in [0.15, 0.2) is 24.3 Å². The summed E-state index contributed by atoms with van der Waals surface area (Å²) in [6.07, 6.45) is 0. The molecule has 0 unspecified atom stereocenters. The lowest BCUT2D eigenvalue weighted by Gasteiger charge is -2.07. The number of carbonyl (C=O) groups excluding carboxylic acids is 2. The van der Waals surface area contributed by atoms with Crippen LogP contribution < -0.4 is 10.6 Å². The van der Waals surface area contributed by atoms with Gasteiger partial charge in [0, 0.05) is 19.3 Å². The zero-order chi connectivity index (χ0) is 14.8. The van der Waals surface area contributed by atoms with Crippen molar-refractivity contribution in [3.63, 3.8) is 0 Å². The number of rotatable bonds is 8. The van der Waals surface area contributed by atoms with E-state index in [2.05, 4.69) is 10.6 Å². The van der Waals surface area contributed by atoms with Gasteiger partial charge < -0.3 is 20.1 Å². The molecule has 0 fully saturated rings. The van der Waals surface area contributed by atoms with Gasteiger partial charge in [0.15, 0.2) is 0 Å². The molecule has 1 aromatic rings. The Bertz CT molecular complexity index is 449. The molecule has 0 aromatic heterocycles. The van der Waals surface area contributed by atoms with Gasteiger partial charge in [-0.2, -0.15) is 0 Å². The smallest absolute Gasteiger partial charge is 0.250 e. The summed E-state index contributed by atoms with van der Waals surface area (Å²) in [6.45, 7) is 2.50. The molecule has 0 heterocycles. The highest BCUT2D eigenvalue weighted by Crippen LogP contribution is 2.08. The van der Waals surface area contributed by atoms with Crippen molar-refractivity contribution in [3.05, 3.63) is 29.8 Å². The van der Waals surface area contributed by atoms with Crippen molar-refractivity contribution in [3.8, 4) is 0 Å². The highest BCUT2D eigenvalue weighted by molar-refractivity contribution is 5.91. The first-order valence-corrected chi connectivity index (χ1v) is 6.31. The third-order valence-electron chi connectivity index (χ3n) is 2.40. The van der Waals surface area contributed by atoms with E-state index in [9.17, 15) is 9.59 Å². The molecule has 2 N–H and O–H groups in total. The van der Waals surface area contributed by atoms with Crippen LogP contribution in [0.5, 0.6) is 0 Å². The van der Waals surface area contributed by atoms with Crippen molar-refractivity contribution in [1.29, 1.82) is 0 Å². The molecule has 0 saturated carbocycles. The van der Waals surface area contributed by atoms with E-state index < -0.39 is 0 Å². The molecule has 0 saturated heterocycles. The Hall–Kier alpha value is -1.92. The molecule has 0 radical (unpaired) electrons. The van der Waals surface area contributed by atoms with E-state index in [1.54, 1.807) is 13.2 Å². The highest BCUT2D eigenvalue weighted by Gasteiger charge is 2.05. The van der Waals surface area contributed by atoms with Gasteiger partial charge in [0.1, 0.15) is 13.2 Å². The van der Waals surface area contributed by atoms with Crippen LogP contribution in [0.25, 0.3) is 0 Å². The number of methoxy groups -OCH3 is 1. The van der Waals surface area contributed by atoms with Gasteiger partial charge in [-0.3, -0.25) is 9.59 Å². The van der Waals surface area contributed by atoms with Crippen molar-refractivity contribution in [2.45, 2.75) is 6.92 Å². The lowest BCUT2D eigenvalue weighted by atomic mass is 10.2. The summed E-state index contributed by atoms with van der Waals surface area (Å²) in [5, 5.41) is 5.29. The van der Waals surface area contributed by atoms with Crippen LogP contribution in [0.2, 0.25) is 0 Å². The third-order valence-corrected chi connectivity index (χ3v) is 2.40. The molecule has 6 nitrogen and oxygen atoms in total. The molecule has 1 aromatic carbocycles. The maximum Gasteiger partial charge on any atom is 0.250 e. The summed E-state index contributed by atoms with van der Waals surface area (Å²) in [6, 6.07) is 7.45. The maximum atomic E-state index is 11.6. The van der Waals surface area contributed by atoms with Gasteiger partial charge >= 0.3 is 0 Å². The first-order valence-electron chi connectivity index (χ1n) is 6.31. The quantitative estimate of drug-likeness (QED) is 0.688. The first kappa shape index (κ1) is 16.1. The second kappa shape index (κ2) is 9.06. The lowest BCUT2D eigenvalue weighted by Crippen LogP contribution is -2.31. The summed E-state index contributed by atoms with van der Waals surface area (Å²) < 4.78 is 9.82. The van der Waals surface area contributed by atoms with Crippen LogP contribution >= 0.6 is 0 Å². The van der Waals surface area contributed by atoms with E-state index in [4.69, 9.17) is 9.47 Å². The minimum absolute atomic E-state index is 0.148. The van der Waals surface area contributed by atoms with Crippen molar-refractivity contribution < 1.29 is 19.1 Å². The van der Waals surface area contributed by atoms with Gasteiger partial charge in [0.25, 0.3) is 0 Å². The average Bonchev–Trinajstić information content (AvgIpc) is 2.39. The molecule has 0 aliphatic heterocycles. The number of carbonyl (C=O) groups is 2. The number of anilines is 1. The fraction of sp³-hybridized carbons (Fsp3) is 0.429. The number of aryl methyl sites for hydroxylation is 1. The number of hydrogen-bond acceptors (Lipinski definition) is 4. The predicted molar refractivity (Wildman–Crippen MR) is 75.5 cm³/mol. The first-order chi connectivity index (χ1) is 9.61. The Balaban J connectivity index is 2.18. The molecule has 0 aliphatic carbocycles. The largest absolute Gasteiger partial charge is 0.383 e. The zero-order valence-electron chi connectivity index (χ0n) is 11.8. The van der Waals surface area contributed by atoms with Gasteiger partial charge in [-0.15, -0.1) is 0 Å². The number of benzene rings is 1. The van der Waals surface area contributed by atoms with Crippen molar-refractivity contribution in [1.82, 2.24) is 5.32 Å². The van der Waals surface area contributed by atoms with E-state index >= 15 is 0 Å².